The Kier molecular flexibility index (Phi) is 7.67. The molecular weight excluding hydrogens is 184 g/mol. The van der Waals surface area contributed by atoms with Crippen molar-refractivity contribution in [3.05, 3.63) is 0 Å². The highest BCUT2D eigenvalue weighted by Gasteiger charge is 2.06. The van der Waals surface area contributed by atoms with Gasteiger partial charge in [-0.15, -0.1) is 0 Å². The Morgan fingerprint density at radius 2 is 1.87 bits per heavy atom. The zero-order valence-corrected chi connectivity index (χ0v) is 11.4. The largest absolute Gasteiger partial charge is 0.301 e. The Labute approximate surface area is 95.8 Å². The summed E-state index contributed by atoms with van der Waals surface area (Å²) in [5.74, 6) is 0.640. The minimum atomic E-state index is 0.449. The van der Waals surface area contributed by atoms with Gasteiger partial charge in [-0.25, -0.2) is 0 Å². The molecule has 0 aliphatic heterocycles. The summed E-state index contributed by atoms with van der Waals surface area (Å²) in [7, 11) is 2.18. The molecule has 0 rings (SSSR count). The van der Waals surface area contributed by atoms with Crippen molar-refractivity contribution in [3.63, 3.8) is 0 Å². The quantitative estimate of drug-likeness (QED) is 0.592. The summed E-state index contributed by atoms with van der Waals surface area (Å²) < 4.78 is 0. The van der Waals surface area contributed by atoms with Gasteiger partial charge in [0.2, 0.25) is 0 Å². The first-order valence-electron chi connectivity index (χ1n) is 6.19. The summed E-state index contributed by atoms with van der Waals surface area (Å²) in [4.78, 5) is 7.06. The predicted octanol–water partition coefficient (Wildman–Crippen LogP) is 3.22. The van der Waals surface area contributed by atoms with Crippen LogP contribution in [0.4, 0.5) is 0 Å². The van der Waals surface area contributed by atoms with Gasteiger partial charge in [0.05, 0.1) is 0 Å². The average Bonchev–Trinajstić information content (AvgIpc) is 2.14. The third-order valence-corrected chi connectivity index (χ3v) is 2.78. The Bertz CT molecular complexity index is 185. The Morgan fingerprint density at radius 3 is 2.33 bits per heavy atom. The predicted molar refractivity (Wildman–Crippen MR) is 69.8 cm³/mol. The van der Waals surface area contributed by atoms with Crippen LogP contribution in [0.15, 0.2) is 4.99 Å². The zero-order valence-electron chi connectivity index (χ0n) is 11.4. The highest BCUT2D eigenvalue weighted by atomic mass is 15.1. The van der Waals surface area contributed by atoms with Crippen LogP contribution in [0.5, 0.6) is 0 Å². The van der Waals surface area contributed by atoms with E-state index in [0.29, 0.717) is 12.0 Å². The number of aliphatic imine (C=N–C) groups is 1. The van der Waals surface area contributed by atoms with Crippen LogP contribution >= 0.6 is 0 Å². The lowest BCUT2D eigenvalue weighted by molar-refractivity contribution is 0.370. The minimum Gasteiger partial charge on any atom is -0.301 e. The molecule has 15 heavy (non-hydrogen) atoms. The molecule has 0 N–H and O–H groups in total. The van der Waals surface area contributed by atoms with Crippen molar-refractivity contribution in [1.82, 2.24) is 4.90 Å². The maximum Gasteiger partial charge on any atom is 0.0494 e. The van der Waals surface area contributed by atoms with Crippen molar-refractivity contribution in [1.29, 1.82) is 0 Å². The van der Waals surface area contributed by atoms with E-state index in [4.69, 9.17) is 4.99 Å². The fourth-order valence-electron chi connectivity index (χ4n) is 1.44. The molecule has 2 heteroatoms. The molecule has 2 nitrogen and oxygen atoms in total. The van der Waals surface area contributed by atoms with E-state index in [-0.39, 0.29) is 0 Å². The average molecular weight is 212 g/mol. The Hall–Kier alpha value is -0.370. The number of nitrogens with zero attached hydrogens (tertiary/aromatic N) is 2. The third kappa shape index (κ3) is 7.55. The maximum absolute atomic E-state index is 4.70. The van der Waals surface area contributed by atoms with Gasteiger partial charge in [0.25, 0.3) is 0 Å². The van der Waals surface area contributed by atoms with Crippen molar-refractivity contribution in [2.24, 2.45) is 10.9 Å². The molecule has 90 valence electrons. The van der Waals surface area contributed by atoms with E-state index in [1.54, 1.807) is 0 Å². The Balaban J connectivity index is 3.94. The van der Waals surface area contributed by atoms with E-state index in [2.05, 4.69) is 46.6 Å². The smallest absolute Gasteiger partial charge is 0.0494 e. The van der Waals surface area contributed by atoms with Crippen LogP contribution in [0.1, 0.15) is 47.5 Å². The van der Waals surface area contributed by atoms with Gasteiger partial charge in [-0.05, 0) is 39.8 Å². The lowest BCUT2D eigenvalue weighted by atomic mass is 10.1. The van der Waals surface area contributed by atoms with Crippen LogP contribution in [0.3, 0.4) is 0 Å². The van der Waals surface area contributed by atoms with E-state index >= 15 is 0 Å². The fourth-order valence-corrected chi connectivity index (χ4v) is 1.44. The summed E-state index contributed by atoms with van der Waals surface area (Å²) in [5, 5.41) is 0. The molecule has 0 fully saturated rings. The van der Waals surface area contributed by atoms with E-state index in [9.17, 15) is 0 Å². The normalized spacial score (nSPS) is 15.1. The molecule has 0 aromatic heterocycles. The van der Waals surface area contributed by atoms with E-state index < -0.39 is 0 Å². The molecule has 0 spiro atoms. The summed E-state index contributed by atoms with van der Waals surface area (Å²) in [6, 6.07) is 0.449. The molecule has 0 saturated heterocycles. The monoisotopic (exact) mass is 212 g/mol. The van der Waals surface area contributed by atoms with Crippen molar-refractivity contribution in [2.45, 2.75) is 53.5 Å². The number of rotatable bonds is 7. The zero-order chi connectivity index (χ0) is 11.8. The van der Waals surface area contributed by atoms with Gasteiger partial charge in [0.15, 0.2) is 0 Å². The van der Waals surface area contributed by atoms with Crippen LogP contribution < -0.4 is 0 Å². The van der Waals surface area contributed by atoms with Crippen LogP contribution in [0.2, 0.25) is 0 Å². The first kappa shape index (κ1) is 14.6. The molecule has 0 amide bonds. The number of hydrogen-bond donors (Lipinski definition) is 0. The SMILES string of the molecule is CCCCN(C)CC(C)=NC(C)C(C)C. The number of unbranched alkanes of at least 4 members (excludes halogenated alkanes) is 1. The lowest BCUT2D eigenvalue weighted by Crippen LogP contribution is -2.26. The molecule has 1 atom stereocenters. The molecule has 0 radical (unpaired) electrons. The summed E-state index contributed by atoms with van der Waals surface area (Å²) in [6.45, 7) is 13.2. The molecule has 1 unspecified atom stereocenters. The standard InChI is InChI=1S/C13H28N2/c1-7-8-9-15(6)10-12(4)14-13(5)11(2)3/h11,13H,7-10H2,1-6H3. The van der Waals surface area contributed by atoms with Crippen molar-refractivity contribution >= 4 is 5.71 Å². The summed E-state index contributed by atoms with van der Waals surface area (Å²) >= 11 is 0. The fraction of sp³-hybridized carbons (Fsp3) is 0.923. The van der Waals surface area contributed by atoms with Crippen LogP contribution in [0.25, 0.3) is 0 Å². The molecule has 0 heterocycles. The maximum atomic E-state index is 4.70. The number of hydrogen-bond acceptors (Lipinski definition) is 2. The van der Waals surface area contributed by atoms with Crippen molar-refractivity contribution < 1.29 is 0 Å². The molecule has 0 aromatic rings. The van der Waals surface area contributed by atoms with Gasteiger partial charge < -0.3 is 4.90 Å². The van der Waals surface area contributed by atoms with Gasteiger partial charge in [-0.2, -0.15) is 0 Å². The van der Waals surface area contributed by atoms with Crippen molar-refractivity contribution in [3.8, 4) is 0 Å². The first-order chi connectivity index (χ1) is 6.97. The minimum absolute atomic E-state index is 0.449. The molecule has 0 saturated carbocycles. The second-order valence-corrected chi connectivity index (χ2v) is 4.94. The summed E-state index contributed by atoms with van der Waals surface area (Å²) in [6.07, 6.45) is 2.55. The van der Waals surface area contributed by atoms with Gasteiger partial charge in [-0.1, -0.05) is 27.2 Å². The van der Waals surface area contributed by atoms with E-state index in [1.807, 2.05) is 0 Å². The van der Waals surface area contributed by atoms with Crippen LogP contribution in [-0.4, -0.2) is 36.8 Å². The van der Waals surface area contributed by atoms with Gasteiger partial charge in [0.1, 0.15) is 0 Å². The molecule has 0 aromatic carbocycles. The van der Waals surface area contributed by atoms with Gasteiger partial charge in [0, 0.05) is 18.3 Å². The first-order valence-corrected chi connectivity index (χ1v) is 6.19. The second-order valence-electron chi connectivity index (χ2n) is 4.94. The highest BCUT2D eigenvalue weighted by molar-refractivity contribution is 5.84. The lowest BCUT2D eigenvalue weighted by Gasteiger charge is -2.18. The van der Waals surface area contributed by atoms with E-state index in [0.717, 1.165) is 6.54 Å². The Morgan fingerprint density at radius 1 is 1.27 bits per heavy atom. The topological polar surface area (TPSA) is 15.6 Å². The second kappa shape index (κ2) is 7.86. The van der Waals surface area contributed by atoms with Crippen LogP contribution in [-0.2, 0) is 0 Å². The third-order valence-electron chi connectivity index (χ3n) is 2.78. The molecule has 0 aliphatic carbocycles. The van der Waals surface area contributed by atoms with Gasteiger partial charge >= 0.3 is 0 Å². The van der Waals surface area contributed by atoms with Crippen molar-refractivity contribution in [2.75, 3.05) is 20.1 Å². The van der Waals surface area contributed by atoms with E-state index in [1.165, 1.54) is 25.1 Å². The summed E-state index contributed by atoms with van der Waals surface area (Å²) in [5.41, 5.74) is 1.26. The van der Waals surface area contributed by atoms with Gasteiger partial charge in [-0.3, -0.25) is 4.99 Å². The molecule has 0 bridgehead atoms. The molecule has 0 aliphatic rings. The highest BCUT2D eigenvalue weighted by Crippen LogP contribution is 2.05. The van der Waals surface area contributed by atoms with Crippen LogP contribution in [0, 0.1) is 5.92 Å². The molecular formula is C13H28N2.